The summed E-state index contributed by atoms with van der Waals surface area (Å²) < 4.78 is 10.7. The molecule has 2 N–H and O–H groups in total. The molecule has 0 unspecified atom stereocenters. The van der Waals surface area contributed by atoms with Gasteiger partial charge in [0, 0.05) is 32.2 Å². The normalized spacial score (nSPS) is 17.5. The van der Waals surface area contributed by atoms with Crippen molar-refractivity contribution in [2.24, 2.45) is 10.4 Å². The van der Waals surface area contributed by atoms with Crippen LogP contribution in [0, 0.1) is 5.41 Å². The molecular formula is C19H35N5O2. The third-order valence-corrected chi connectivity index (χ3v) is 4.96. The predicted octanol–water partition coefficient (Wildman–Crippen LogP) is 3.02. The van der Waals surface area contributed by atoms with Gasteiger partial charge in [0.15, 0.2) is 11.8 Å². The smallest absolute Gasteiger partial charge is 0.232 e. The van der Waals surface area contributed by atoms with Crippen LogP contribution in [0.25, 0.3) is 0 Å². The van der Waals surface area contributed by atoms with Gasteiger partial charge in [-0.05, 0) is 31.6 Å². The topological polar surface area (TPSA) is 84.6 Å². The zero-order valence-corrected chi connectivity index (χ0v) is 17.0. The van der Waals surface area contributed by atoms with Crippen molar-refractivity contribution in [3.8, 4) is 0 Å². The average molecular weight is 366 g/mol. The van der Waals surface area contributed by atoms with Crippen LogP contribution >= 0.6 is 0 Å². The minimum Gasteiger partial charge on any atom is -0.385 e. The molecule has 148 valence electrons. The van der Waals surface area contributed by atoms with Gasteiger partial charge in [0.25, 0.3) is 0 Å². The van der Waals surface area contributed by atoms with Crippen molar-refractivity contribution in [2.75, 3.05) is 26.8 Å². The molecule has 1 aromatic rings. The fourth-order valence-electron chi connectivity index (χ4n) is 3.34. The number of hydrogen-bond donors (Lipinski definition) is 2. The standard InChI is InChI=1S/C19H35N5O2/c1-6-20-17(21-13-15-23-16(26-24-15)18(2,3)4)22-14-19(11-12-25-5)9-7-8-10-19/h6-14H2,1-5H3,(H2,20,21,22). The van der Waals surface area contributed by atoms with Gasteiger partial charge in [0.05, 0.1) is 0 Å². The zero-order chi connectivity index (χ0) is 19.0. The molecule has 2 rings (SSSR count). The summed E-state index contributed by atoms with van der Waals surface area (Å²) in [6, 6.07) is 0. The predicted molar refractivity (Wildman–Crippen MR) is 103 cm³/mol. The summed E-state index contributed by atoms with van der Waals surface area (Å²) in [4.78, 5) is 9.08. The van der Waals surface area contributed by atoms with Gasteiger partial charge < -0.3 is 19.9 Å². The Morgan fingerprint density at radius 1 is 1.27 bits per heavy atom. The van der Waals surface area contributed by atoms with Crippen LogP contribution in [-0.2, 0) is 16.7 Å². The highest BCUT2D eigenvalue weighted by molar-refractivity contribution is 5.79. The zero-order valence-electron chi connectivity index (χ0n) is 17.0. The third-order valence-electron chi connectivity index (χ3n) is 4.96. The van der Waals surface area contributed by atoms with Crippen molar-refractivity contribution >= 4 is 5.96 Å². The van der Waals surface area contributed by atoms with Crippen molar-refractivity contribution in [3.05, 3.63) is 11.7 Å². The molecule has 1 fully saturated rings. The van der Waals surface area contributed by atoms with Gasteiger partial charge in [-0.3, -0.25) is 0 Å². The van der Waals surface area contributed by atoms with Gasteiger partial charge in [0.1, 0.15) is 6.54 Å². The summed E-state index contributed by atoms with van der Waals surface area (Å²) in [7, 11) is 1.78. The fourth-order valence-corrected chi connectivity index (χ4v) is 3.34. The minimum atomic E-state index is -0.145. The van der Waals surface area contributed by atoms with Gasteiger partial charge in [-0.1, -0.05) is 38.8 Å². The van der Waals surface area contributed by atoms with Crippen LogP contribution in [0.3, 0.4) is 0 Å². The number of nitrogens with one attached hydrogen (secondary N) is 2. The molecule has 0 radical (unpaired) electrons. The first-order chi connectivity index (χ1) is 12.4. The number of aliphatic imine (C=N–C) groups is 1. The maximum Gasteiger partial charge on any atom is 0.232 e. The first kappa shape index (κ1) is 20.7. The van der Waals surface area contributed by atoms with Gasteiger partial charge in [-0.2, -0.15) is 4.98 Å². The number of ether oxygens (including phenoxy) is 1. The molecule has 0 bridgehead atoms. The lowest BCUT2D eigenvalue weighted by atomic mass is 9.83. The lowest BCUT2D eigenvalue weighted by Crippen LogP contribution is -2.43. The number of rotatable bonds is 8. The molecule has 1 saturated carbocycles. The van der Waals surface area contributed by atoms with E-state index < -0.39 is 0 Å². The molecule has 1 aliphatic rings. The lowest BCUT2D eigenvalue weighted by molar-refractivity contribution is 0.138. The molecule has 0 saturated heterocycles. The van der Waals surface area contributed by atoms with Crippen LogP contribution in [0.5, 0.6) is 0 Å². The Balaban J connectivity index is 1.96. The first-order valence-corrected chi connectivity index (χ1v) is 9.73. The summed E-state index contributed by atoms with van der Waals surface area (Å²) in [6.45, 7) is 11.2. The van der Waals surface area contributed by atoms with Crippen LogP contribution in [0.15, 0.2) is 9.52 Å². The Morgan fingerprint density at radius 3 is 2.58 bits per heavy atom. The second-order valence-corrected chi connectivity index (χ2v) is 8.26. The Kier molecular flexibility index (Phi) is 7.43. The molecule has 0 spiro atoms. The molecule has 0 aromatic carbocycles. The summed E-state index contributed by atoms with van der Waals surface area (Å²) in [5, 5.41) is 10.9. The number of guanidine groups is 1. The number of nitrogens with zero attached hydrogens (tertiary/aromatic N) is 3. The minimum absolute atomic E-state index is 0.145. The van der Waals surface area contributed by atoms with E-state index in [4.69, 9.17) is 9.26 Å². The quantitative estimate of drug-likeness (QED) is 0.544. The van der Waals surface area contributed by atoms with Crippen LogP contribution in [-0.4, -0.2) is 42.9 Å². The van der Waals surface area contributed by atoms with E-state index in [1.165, 1.54) is 25.7 Å². The van der Waals surface area contributed by atoms with Crippen LogP contribution < -0.4 is 10.6 Å². The van der Waals surface area contributed by atoms with Crippen LogP contribution in [0.2, 0.25) is 0 Å². The molecule has 26 heavy (non-hydrogen) atoms. The highest BCUT2D eigenvalue weighted by atomic mass is 16.5. The summed E-state index contributed by atoms with van der Waals surface area (Å²) in [5.41, 5.74) is 0.172. The van der Waals surface area contributed by atoms with Crippen LogP contribution in [0.1, 0.15) is 71.5 Å². The summed E-state index contributed by atoms with van der Waals surface area (Å²) in [6.07, 6.45) is 6.20. The van der Waals surface area contributed by atoms with E-state index >= 15 is 0 Å². The van der Waals surface area contributed by atoms with Crippen molar-refractivity contribution in [2.45, 2.75) is 71.8 Å². The largest absolute Gasteiger partial charge is 0.385 e. The number of methoxy groups -OCH3 is 1. The molecular weight excluding hydrogens is 330 g/mol. The number of aromatic nitrogens is 2. The third kappa shape index (κ3) is 5.97. The number of hydrogen-bond acceptors (Lipinski definition) is 5. The lowest BCUT2D eigenvalue weighted by Gasteiger charge is -2.29. The van der Waals surface area contributed by atoms with Crippen molar-refractivity contribution in [3.63, 3.8) is 0 Å². The van der Waals surface area contributed by atoms with Crippen molar-refractivity contribution in [1.29, 1.82) is 0 Å². The van der Waals surface area contributed by atoms with E-state index in [0.29, 0.717) is 23.7 Å². The molecule has 1 aliphatic carbocycles. The Morgan fingerprint density at radius 2 is 2.00 bits per heavy atom. The van der Waals surface area contributed by atoms with Crippen molar-refractivity contribution < 1.29 is 9.26 Å². The van der Waals surface area contributed by atoms with E-state index in [0.717, 1.165) is 32.1 Å². The highest BCUT2D eigenvalue weighted by Gasteiger charge is 2.33. The summed E-state index contributed by atoms with van der Waals surface area (Å²) >= 11 is 0. The maximum absolute atomic E-state index is 5.34. The SMILES string of the molecule is CCNC(=NCc1noc(C(C)(C)C)n1)NCC1(CCOC)CCCC1. The molecule has 0 atom stereocenters. The Hall–Kier alpha value is -1.63. The van der Waals surface area contributed by atoms with Gasteiger partial charge in [-0.25, -0.2) is 4.99 Å². The Labute approximate surface area is 157 Å². The van der Waals surface area contributed by atoms with E-state index in [2.05, 4.69) is 53.5 Å². The van der Waals surface area contributed by atoms with E-state index in [1.54, 1.807) is 7.11 Å². The molecule has 7 nitrogen and oxygen atoms in total. The van der Waals surface area contributed by atoms with E-state index in [9.17, 15) is 0 Å². The molecule has 7 heteroatoms. The highest BCUT2D eigenvalue weighted by Crippen LogP contribution is 2.40. The summed E-state index contributed by atoms with van der Waals surface area (Å²) in [5.74, 6) is 2.06. The molecule has 1 heterocycles. The van der Waals surface area contributed by atoms with Crippen LogP contribution in [0.4, 0.5) is 0 Å². The maximum atomic E-state index is 5.34. The average Bonchev–Trinajstić information content (AvgIpc) is 3.25. The van der Waals surface area contributed by atoms with Crippen molar-refractivity contribution in [1.82, 2.24) is 20.8 Å². The Bertz CT molecular complexity index is 571. The fraction of sp³-hybridized carbons (Fsp3) is 0.842. The van der Waals surface area contributed by atoms with Gasteiger partial charge in [-0.15, -0.1) is 0 Å². The monoisotopic (exact) mass is 365 g/mol. The van der Waals surface area contributed by atoms with Gasteiger partial charge in [0.2, 0.25) is 5.89 Å². The van der Waals surface area contributed by atoms with Gasteiger partial charge >= 0.3 is 0 Å². The first-order valence-electron chi connectivity index (χ1n) is 9.73. The van der Waals surface area contributed by atoms with E-state index in [-0.39, 0.29) is 5.41 Å². The second-order valence-electron chi connectivity index (χ2n) is 8.26. The van der Waals surface area contributed by atoms with E-state index in [1.807, 2.05) is 0 Å². The molecule has 1 aromatic heterocycles. The molecule has 0 amide bonds. The second kappa shape index (κ2) is 9.35. The molecule has 0 aliphatic heterocycles.